The molecule has 5 nitrogen and oxygen atoms in total. The molecule has 0 bridgehead atoms. The van der Waals surface area contributed by atoms with E-state index in [1.807, 2.05) is 19.1 Å². The molecule has 1 aromatic carbocycles. The number of hydrogen-bond acceptors (Lipinski definition) is 3. The van der Waals surface area contributed by atoms with Gasteiger partial charge in [-0.1, -0.05) is 19.1 Å². The molecule has 3 N–H and O–H groups in total. The van der Waals surface area contributed by atoms with Crippen molar-refractivity contribution in [2.24, 2.45) is 0 Å². The molecule has 1 heterocycles. The zero-order chi connectivity index (χ0) is 15.1. The normalized spacial score (nSPS) is 12.9. The smallest absolute Gasteiger partial charge is 0.228 e. The van der Waals surface area contributed by atoms with E-state index in [1.54, 1.807) is 0 Å². The fraction of sp³-hybridized carbons (Fsp3) is 0.500. The fourth-order valence-corrected chi connectivity index (χ4v) is 2.45. The molecule has 0 fully saturated rings. The third-order valence-electron chi connectivity index (χ3n) is 3.54. The van der Waals surface area contributed by atoms with Crippen molar-refractivity contribution >= 4 is 17.5 Å². The highest BCUT2D eigenvalue weighted by Crippen LogP contribution is 2.24. The van der Waals surface area contributed by atoms with Gasteiger partial charge >= 0.3 is 0 Å². The Bertz CT molecular complexity index is 514. The molecule has 2 amide bonds. The average Bonchev–Trinajstić information content (AvgIpc) is 2.83. The van der Waals surface area contributed by atoms with Gasteiger partial charge in [0.15, 0.2) is 0 Å². The second kappa shape index (κ2) is 7.78. The van der Waals surface area contributed by atoms with Crippen LogP contribution in [0, 0.1) is 0 Å². The molecule has 0 aromatic heterocycles. The average molecular weight is 289 g/mol. The Morgan fingerprint density at radius 2 is 2.19 bits per heavy atom. The van der Waals surface area contributed by atoms with Crippen molar-refractivity contribution in [2.45, 2.75) is 32.6 Å². The van der Waals surface area contributed by atoms with Crippen molar-refractivity contribution in [3.63, 3.8) is 0 Å². The van der Waals surface area contributed by atoms with Gasteiger partial charge in [-0.05, 0) is 36.6 Å². The molecule has 1 aliphatic heterocycles. The van der Waals surface area contributed by atoms with Gasteiger partial charge in [-0.3, -0.25) is 9.59 Å². The van der Waals surface area contributed by atoms with Gasteiger partial charge in [0.1, 0.15) is 0 Å². The number of carbonyl (C=O) groups excluding carboxylic acids is 2. The third-order valence-corrected chi connectivity index (χ3v) is 3.54. The molecule has 5 heteroatoms. The van der Waals surface area contributed by atoms with Gasteiger partial charge in [-0.25, -0.2) is 0 Å². The van der Waals surface area contributed by atoms with Crippen molar-refractivity contribution in [3.05, 3.63) is 29.3 Å². The van der Waals surface area contributed by atoms with Gasteiger partial charge in [0.05, 0.1) is 6.42 Å². The van der Waals surface area contributed by atoms with Crippen LogP contribution < -0.4 is 16.0 Å². The summed E-state index contributed by atoms with van der Waals surface area (Å²) < 4.78 is 0. The van der Waals surface area contributed by atoms with E-state index < -0.39 is 0 Å². The summed E-state index contributed by atoms with van der Waals surface area (Å²) in [6.45, 7) is 4.46. The lowest BCUT2D eigenvalue weighted by molar-refractivity contribution is -0.121. The van der Waals surface area contributed by atoms with Gasteiger partial charge in [-0.15, -0.1) is 0 Å². The molecule has 1 aromatic rings. The van der Waals surface area contributed by atoms with Gasteiger partial charge in [-0.2, -0.15) is 0 Å². The Labute approximate surface area is 125 Å². The summed E-state index contributed by atoms with van der Waals surface area (Å²) in [6, 6.07) is 6.04. The van der Waals surface area contributed by atoms with Crippen LogP contribution in [0.2, 0.25) is 0 Å². The first kappa shape index (κ1) is 15.5. The highest BCUT2D eigenvalue weighted by atomic mass is 16.2. The van der Waals surface area contributed by atoms with Gasteiger partial charge < -0.3 is 16.0 Å². The van der Waals surface area contributed by atoms with E-state index in [4.69, 9.17) is 0 Å². The predicted octanol–water partition coefficient (Wildman–Crippen LogP) is 1.23. The second-order valence-corrected chi connectivity index (χ2v) is 5.27. The summed E-state index contributed by atoms with van der Waals surface area (Å²) in [5.74, 6) is 0.160. The minimum atomic E-state index is 0.0576. The molecule has 0 radical (unpaired) electrons. The zero-order valence-corrected chi connectivity index (χ0v) is 12.5. The maximum atomic E-state index is 11.6. The number of hydrogen-bond donors (Lipinski definition) is 3. The number of benzene rings is 1. The van der Waals surface area contributed by atoms with Crippen LogP contribution in [0.3, 0.4) is 0 Å². The molecule has 0 aliphatic carbocycles. The van der Waals surface area contributed by atoms with Crippen LogP contribution >= 0.6 is 0 Å². The highest BCUT2D eigenvalue weighted by molar-refractivity contribution is 5.99. The summed E-state index contributed by atoms with van der Waals surface area (Å²) >= 11 is 0. The molecule has 114 valence electrons. The monoisotopic (exact) mass is 289 g/mol. The van der Waals surface area contributed by atoms with E-state index in [1.165, 1.54) is 5.56 Å². The molecule has 0 unspecified atom stereocenters. The van der Waals surface area contributed by atoms with E-state index in [-0.39, 0.29) is 11.8 Å². The number of fused-ring (bicyclic) bond motifs is 1. The molecular weight excluding hydrogens is 266 g/mol. The SMILES string of the molecule is CCNCCNC(=O)CCCc1ccc2c(c1)CC(=O)N2. The molecule has 0 spiro atoms. The number of amides is 2. The minimum Gasteiger partial charge on any atom is -0.355 e. The van der Waals surface area contributed by atoms with Gasteiger partial charge in [0.25, 0.3) is 0 Å². The first-order valence-electron chi connectivity index (χ1n) is 7.58. The van der Waals surface area contributed by atoms with Crippen LogP contribution in [0.25, 0.3) is 0 Å². The lowest BCUT2D eigenvalue weighted by Crippen LogP contribution is -2.31. The lowest BCUT2D eigenvalue weighted by Gasteiger charge is -2.06. The number of likely N-dealkylation sites (N-methyl/N-ethyl adjacent to an activating group) is 1. The first-order chi connectivity index (χ1) is 10.2. The maximum Gasteiger partial charge on any atom is 0.228 e. The van der Waals surface area contributed by atoms with E-state index in [2.05, 4.69) is 22.0 Å². The highest BCUT2D eigenvalue weighted by Gasteiger charge is 2.17. The van der Waals surface area contributed by atoms with E-state index in [0.717, 1.165) is 37.2 Å². The molecule has 21 heavy (non-hydrogen) atoms. The molecule has 0 saturated heterocycles. The van der Waals surface area contributed by atoms with Crippen LogP contribution in [-0.4, -0.2) is 31.4 Å². The standard InChI is InChI=1S/C16H23N3O2/c1-2-17-8-9-18-15(20)5-3-4-12-6-7-14-13(10-12)11-16(21)19-14/h6-7,10,17H,2-5,8-9,11H2,1H3,(H,18,20)(H,19,21). The summed E-state index contributed by atoms with van der Waals surface area (Å²) in [6.07, 6.45) is 2.70. The van der Waals surface area contributed by atoms with Gasteiger partial charge in [0, 0.05) is 25.2 Å². The Balaban J connectivity index is 1.68. The van der Waals surface area contributed by atoms with E-state index in [9.17, 15) is 9.59 Å². The molecule has 0 atom stereocenters. The summed E-state index contributed by atoms with van der Waals surface area (Å²) in [4.78, 5) is 22.9. The van der Waals surface area contributed by atoms with Crippen molar-refractivity contribution in [2.75, 3.05) is 25.0 Å². The third kappa shape index (κ3) is 4.86. The van der Waals surface area contributed by atoms with Crippen molar-refractivity contribution in [3.8, 4) is 0 Å². The quantitative estimate of drug-likeness (QED) is 0.630. The minimum absolute atomic E-state index is 0.0576. The van der Waals surface area contributed by atoms with E-state index in [0.29, 0.717) is 19.4 Å². The Morgan fingerprint density at radius 1 is 1.33 bits per heavy atom. The Kier molecular flexibility index (Phi) is 5.75. The number of anilines is 1. The largest absolute Gasteiger partial charge is 0.355 e. The van der Waals surface area contributed by atoms with Gasteiger partial charge in [0.2, 0.25) is 11.8 Å². The molecule has 1 aliphatic rings. The lowest BCUT2D eigenvalue weighted by atomic mass is 10.0. The Hall–Kier alpha value is -1.88. The van der Waals surface area contributed by atoms with E-state index >= 15 is 0 Å². The molecular formula is C16H23N3O2. The topological polar surface area (TPSA) is 70.2 Å². The van der Waals surface area contributed by atoms with Crippen molar-refractivity contribution in [1.82, 2.24) is 10.6 Å². The second-order valence-electron chi connectivity index (χ2n) is 5.27. The van der Waals surface area contributed by atoms with Crippen LogP contribution in [0.15, 0.2) is 18.2 Å². The predicted molar refractivity (Wildman–Crippen MR) is 83.3 cm³/mol. The van der Waals surface area contributed by atoms with Crippen LogP contribution in [0.4, 0.5) is 5.69 Å². The summed E-state index contributed by atoms with van der Waals surface area (Å²) in [5, 5.41) is 8.88. The van der Waals surface area contributed by atoms with Crippen molar-refractivity contribution < 1.29 is 9.59 Å². The summed E-state index contributed by atoms with van der Waals surface area (Å²) in [7, 11) is 0. The van der Waals surface area contributed by atoms with Crippen LogP contribution in [0.5, 0.6) is 0 Å². The van der Waals surface area contributed by atoms with Crippen LogP contribution in [-0.2, 0) is 22.4 Å². The number of aryl methyl sites for hydroxylation is 1. The molecule has 2 rings (SSSR count). The number of nitrogens with one attached hydrogen (secondary N) is 3. The number of carbonyl (C=O) groups is 2. The maximum absolute atomic E-state index is 11.6. The fourth-order valence-electron chi connectivity index (χ4n) is 2.45. The number of rotatable bonds is 8. The van der Waals surface area contributed by atoms with Crippen LogP contribution in [0.1, 0.15) is 30.9 Å². The summed E-state index contributed by atoms with van der Waals surface area (Å²) in [5.41, 5.74) is 3.17. The molecule has 0 saturated carbocycles. The van der Waals surface area contributed by atoms with Crippen molar-refractivity contribution in [1.29, 1.82) is 0 Å². The first-order valence-corrected chi connectivity index (χ1v) is 7.58. The zero-order valence-electron chi connectivity index (χ0n) is 12.5. The Morgan fingerprint density at radius 3 is 3.00 bits per heavy atom.